The van der Waals surface area contributed by atoms with Crippen molar-refractivity contribution in [3.8, 4) is 5.75 Å². The Kier molecular flexibility index (Phi) is 5.79. The first-order chi connectivity index (χ1) is 11.0. The molecule has 1 aliphatic rings. The lowest BCUT2D eigenvalue weighted by Crippen LogP contribution is -2.34. The number of benzene rings is 1. The van der Waals surface area contributed by atoms with Crippen LogP contribution in [0.25, 0.3) is 0 Å². The molecule has 1 aromatic carbocycles. The van der Waals surface area contributed by atoms with E-state index in [1.807, 2.05) is 31.3 Å². The molecule has 0 saturated heterocycles. The van der Waals surface area contributed by atoms with Crippen molar-refractivity contribution < 1.29 is 14.3 Å². The average molecular weight is 316 g/mol. The van der Waals surface area contributed by atoms with Crippen molar-refractivity contribution in [2.24, 2.45) is 5.92 Å². The van der Waals surface area contributed by atoms with E-state index >= 15 is 0 Å². The van der Waals surface area contributed by atoms with Gasteiger partial charge in [-0.3, -0.25) is 9.59 Å². The Bertz CT molecular complexity index is 585. The number of nitrogens with one attached hydrogen (secondary N) is 1. The third-order valence-electron chi connectivity index (χ3n) is 4.24. The molecule has 1 N–H and O–H groups in total. The molecule has 0 bridgehead atoms. The van der Waals surface area contributed by atoms with Gasteiger partial charge in [0, 0.05) is 25.6 Å². The maximum absolute atomic E-state index is 12.6. The lowest BCUT2D eigenvalue weighted by atomic mass is 10.1. The zero-order valence-corrected chi connectivity index (χ0v) is 13.7. The van der Waals surface area contributed by atoms with E-state index in [9.17, 15) is 9.59 Å². The van der Waals surface area contributed by atoms with Gasteiger partial charge in [-0.2, -0.15) is 0 Å². The van der Waals surface area contributed by atoms with Gasteiger partial charge in [0.05, 0.1) is 7.11 Å². The summed E-state index contributed by atoms with van der Waals surface area (Å²) in [6.07, 6.45) is 3.61. The number of carbonyl (C=O) groups is 2. The minimum atomic E-state index is -0.173. The largest absolute Gasteiger partial charge is 0.497 e. The normalized spacial score (nSPS) is 19.9. The first-order valence-electron chi connectivity index (χ1n) is 7.84. The zero-order chi connectivity index (χ0) is 16.8. The minimum absolute atomic E-state index is 0.0271. The van der Waals surface area contributed by atoms with Crippen molar-refractivity contribution >= 4 is 11.8 Å². The quantitative estimate of drug-likeness (QED) is 0.818. The van der Waals surface area contributed by atoms with Crippen molar-refractivity contribution in [1.29, 1.82) is 0 Å². The molecular formula is C18H24N2O3. The van der Waals surface area contributed by atoms with E-state index in [-0.39, 0.29) is 23.8 Å². The third-order valence-corrected chi connectivity index (χ3v) is 4.24. The highest BCUT2D eigenvalue weighted by Gasteiger charge is 2.32. The number of hydrogen-bond donors (Lipinski definition) is 1. The summed E-state index contributed by atoms with van der Waals surface area (Å²) in [4.78, 5) is 25.7. The average Bonchev–Trinajstić information content (AvgIpc) is 3.02. The van der Waals surface area contributed by atoms with E-state index < -0.39 is 0 Å². The third kappa shape index (κ3) is 4.58. The maximum Gasteiger partial charge on any atom is 0.243 e. The second kappa shape index (κ2) is 7.81. The van der Waals surface area contributed by atoms with Crippen molar-refractivity contribution in [2.75, 3.05) is 14.2 Å². The van der Waals surface area contributed by atoms with Crippen LogP contribution in [0.2, 0.25) is 0 Å². The summed E-state index contributed by atoms with van der Waals surface area (Å²) in [6, 6.07) is 7.79. The molecule has 1 aliphatic carbocycles. The van der Waals surface area contributed by atoms with Gasteiger partial charge in [0.15, 0.2) is 0 Å². The lowest BCUT2D eigenvalue weighted by molar-refractivity contribution is -0.134. The van der Waals surface area contributed by atoms with Gasteiger partial charge in [0.25, 0.3) is 0 Å². The number of hydrogen-bond acceptors (Lipinski definition) is 3. The molecule has 0 heterocycles. The van der Waals surface area contributed by atoms with Gasteiger partial charge in [0.1, 0.15) is 5.75 Å². The van der Waals surface area contributed by atoms with Crippen LogP contribution in [0.5, 0.6) is 5.75 Å². The van der Waals surface area contributed by atoms with E-state index in [4.69, 9.17) is 4.74 Å². The molecule has 1 fully saturated rings. The van der Waals surface area contributed by atoms with E-state index in [0.29, 0.717) is 13.0 Å². The van der Waals surface area contributed by atoms with Crippen LogP contribution in [0.3, 0.4) is 0 Å². The first-order valence-corrected chi connectivity index (χ1v) is 7.84. The fourth-order valence-corrected chi connectivity index (χ4v) is 3.03. The molecular weight excluding hydrogens is 292 g/mol. The zero-order valence-electron chi connectivity index (χ0n) is 13.7. The Hall–Kier alpha value is -2.30. The predicted octanol–water partition coefficient (Wildman–Crippen LogP) is 2.12. The minimum Gasteiger partial charge on any atom is -0.497 e. The second-order valence-corrected chi connectivity index (χ2v) is 5.97. The van der Waals surface area contributed by atoms with Crippen LogP contribution in [0.1, 0.15) is 24.8 Å². The highest BCUT2D eigenvalue weighted by atomic mass is 16.5. The Morgan fingerprint density at radius 2 is 2.22 bits per heavy atom. The summed E-state index contributed by atoms with van der Waals surface area (Å²) in [5.41, 5.74) is 1.04. The molecule has 0 radical (unpaired) electrons. The summed E-state index contributed by atoms with van der Waals surface area (Å²) in [5, 5.41) is 2.87. The smallest absolute Gasteiger partial charge is 0.243 e. The second-order valence-electron chi connectivity index (χ2n) is 5.97. The highest BCUT2D eigenvalue weighted by Crippen LogP contribution is 2.27. The summed E-state index contributed by atoms with van der Waals surface area (Å²) >= 11 is 0. The van der Waals surface area contributed by atoms with E-state index in [1.165, 1.54) is 6.08 Å². The van der Waals surface area contributed by atoms with Gasteiger partial charge in [-0.05, 0) is 43.0 Å². The summed E-state index contributed by atoms with van der Waals surface area (Å²) < 4.78 is 5.21. The van der Waals surface area contributed by atoms with E-state index in [0.717, 1.165) is 24.2 Å². The number of carbonyl (C=O) groups excluding carboxylic acids is 2. The number of nitrogens with zero attached hydrogens (tertiary/aromatic N) is 1. The summed E-state index contributed by atoms with van der Waals surface area (Å²) in [7, 11) is 3.45. The fraction of sp³-hybridized carbons (Fsp3) is 0.444. The lowest BCUT2D eigenvalue weighted by Gasteiger charge is -2.21. The van der Waals surface area contributed by atoms with Crippen LogP contribution in [0, 0.1) is 5.92 Å². The molecule has 0 aromatic heterocycles. The van der Waals surface area contributed by atoms with Crippen LogP contribution in [0.15, 0.2) is 36.9 Å². The first kappa shape index (κ1) is 17.1. The molecule has 0 spiro atoms. The fourth-order valence-electron chi connectivity index (χ4n) is 3.03. The van der Waals surface area contributed by atoms with Gasteiger partial charge < -0.3 is 15.0 Å². The van der Waals surface area contributed by atoms with Gasteiger partial charge in [-0.25, -0.2) is 0 Å². The van der Waals surface area contributed by atoms with E-state index in [1.54, 1.807) is 12.0 Å². The van der Waals surface area contributed by atoms with Crippen molar-refractivity contribution in [3.05, 3.63) is 42.5 Å². The van der Waals surface area contributed by atoms with Gasteiger partial charge in [-0.15, -0.1) is 0 Å². The monoisotopic (exact) mass is 316 g/mol. The molecule has 1 aromatic rings. The molecule has 0 unspecified atom stereocenters. The SMILES string of the molecule is C=CC(=O)N[C@@H]1CC[C@@H](C(=O)N(C)Cc2cccc(OC)c2)C1. The topological polar surface area (TPSA) is 58.6 Å². The standard InChI is InChI=1S/C18H24N2O3/c1-4-17(21)19-15-9-8-14(11-15)18(22)20(2)12-13-6-5-7-16(10-13)23-3/h4-7,10,14-15H,1,8-9,11-12H2,2-3H3,(H,19,21)/t14-,15-/m1/s1. The van der Waals surface area contributed by atoms with Crippen LogP contribution in [0.4, 0.5) is 0 Å². The molecule has 1 saturated carbocycles. The number of ether oxygens (including phenoxy) is 1. The molecule has 2 atom stereocenters. The number of amides is 2. The van der Waals surface area contributed by atoms with Crippen molar-refractivity contribution in [1.82, 2.24) is 10.2 Å². The number of methoxy groups -OCH3 is 1. The van der Waals surface area contributed by atoms with Gasteiger partial charge >= 0.3 is 0 Å². The van der Waals surface area contributed by atoms with Crippen LogP contribution in [-0.2, 0) is 16.1 Å². The van der Waals surface area contributed by atoms with E-state index in [2.05, 4.69) is 11.9 Å². The Morgan fingerprint density at radius 3 is 2.91 bits per heavy atom. The number of rotatable bonds is 6. The molecule has 0 aliphatic heterocycles. The van der Waals surface area contributed by atoms with Crippen LogP contribution < -0.4 is 10.1 Å². The van der Waals surface area contributed by atoms with Crippen molar-refractivity contribution in [2.45, 2.75) is 31.8 Å². The summed E-state index contributed by atoms with van der Waals surface area (Å²) in [6.45, 7) is 4.00. The molecule has 2 rings (SSSR count). The van der Waals surface area contributed by atoms with Crippen LogP contribution >= 0.6 is 0 Å². The molecule has 2 amide bonds. The maximum atomic E-state index is 12.6. The van der Waals surface area contributed by atoms with Crippen LogP contribution in [-0.4, -0.2) is 36.9 Å². The Labute approximate surface area is 137 Å². The molecule has 23 heavy (non-hydrogen) atoms. The molecule has 5 nitrogen and oxygen atoms in total. The van der Waals surface area contributed by atoms with Gasteiger partial charge in [0.2, 0.25) is 11.8 Å². The highest BCUT2D eigenvalue weighted by molar-refractivity contribution is 5.87. The van der Waals surface area contributed by atoms with Gasteiger partial charge in [-0.1, -0.05) is 18.7 Å². The molecule has 124 valence electrons. The molecule has 5 heteroatoms. The predicted molar refractivity (Wildman–Crippen MR) is 88.9 cm³/mol. The van der Waals surface area contributed by atoms with Crippen molar-refractivity contribution in [3.63, 3.8) is 0 Å². The Morgan fingerprint density at radius 1 is 1.43 bits per heavy atom. The Balaban J connectivity index is 1.90. The summed E-state index contributed by atoms with van der Waals surface area (Å²) in [5.74, 6) is 0.716.